The van der Waals surface area contributed by atoms with Crippen molar-refractivity contribution in [1.82, 2.24) is 5.32 Å². The molecule has 2 atom stereocenters. The molecule has 2 rings (SSSR count). The van der Waals surface area contributed by atoms with E-state index in [-0.39, 0.29) is 11.2 Å². The maximum atomic E-state index is 12.9. The summed E-state index contributed by atoms with van der Waals surface area (Å²) in [5.74, 6) is 0.154. The van der Waals surface area contributed by atoms with Crippen molar-refractivity contribution in [3.05, 3.63) is 59.5 Å². The van der Waals surface area contributed by atoms with E-state index in [0.717, 1.165) is 5.56 Å². The van der Waals surface area contributed by atoms with Crippen molar-refractivity contribution in [2.24, 2.45) is 5.92 Å². The predicted octanol–water partition coefficient (Wildman–Crippen LogP) is 5.98. The Morgan fingerprint density at radius 3 is 2.17 bits per heavy atom. The van der Waals surface area contributed by atoms with Crippen LogP contribution in [0.4, 0.5) is 4.79 Å². The molecule has 0 aliphatic rings. The minimum absolute atomic E-state index is 0.0624. The Kier molecular flexibility index (Phi) is 7.51. The third kappa shape index (κ3) is 7.05. The van der Waals surface area contributed by atoms with E-state index in [1.807, 2.05) is 6.92 Å². The first-order chi connectivity index (χ1) is 13.9. The van der Waals surface area contributed by atoms with Crippen molar-refractivity contribution in [3.8, 4) is 0 Å². The molecule has 1 amide bonds. The molecular formula is C25H35NO4. The number of alkyl carbamates (subject to hydrolysis) is 1. The highest BCUT2D eigenvalue weighted by Gasteiger charge is 2.30. The van der Waals surface area contributed by atoms with Gasteiger partial charge in [0.1, 0.15) is 17.1 Å². The predicted molar refractivity (Wildman–Crippen MR) is 118 cm³/mol. The zero-order chi connectivity index (χ0) is 22.5. The second-order valence-corrected chi connectivity index (χ2v) is 9.84. The molecule has 0 fully saturated rings. The second-order valence-electron chi connectivity index (χ2n) is 9.84. The molecular weight excluding hydrogens is 378 g/mol. The first-order valence-electron chi connectivity index (χ1n) is 10.5. The number of amides is 1. The number of aryl methyl sites for hydroxylation is 1. The SMILES string of the molecule is C[C@@H](C(=O)CCc1ccc(C(C)(C)C)cc1)[C@@H](NC(=O)OC(C)(C)C)c1ccco1. The molecule has 30 heavy (non-hydrogen) atoms. The van der Waals surface area contributed by atoms with E-state index in [1.54, 1.807) is 32.9 Å². The molecule has 0 radical (unpaired) electrons. The number of ketones is 1. The fourth-order valence-electron chi connectivity index (χ4n) is 3.20. The van der Waals surface area contributed by atoms with Crippen LogP contribution in [0, 0.1) is 5.92 Å². The van der Waals surface area contributed by atoms with Crippen molar-refractivity contribution in [2.75, 3.05) is 0 Å². The molecule has 1 aromatic heterocycles. The summed E-state index contributed by atoms with van der Waals surface area (Å²) in [6, 6.07) is 11.3. The van der Waals surface area contributed by atoms with Gasteiger partial charge in [0.15, 0.2) is 0 Å². The largest absolute Gasteiger partial charge is 0.467 e. The van der Waals surface area contributed by atoms with Gasteiger partial charge in [-0.1, -0.05) is 52.0 Å². The number of Topliss-reactive ketones (excluding diaryl/α,β-unsaturated/α-hetero) is 1. The van der Waals surface area contributed by atoms with E-state index in [2.05, 4.69) is 50.4 Å². The fraction of sp³-hybridized carbons (Fsp3) is 0.520. The molecule has 0 unspecified atom stereocenters. The summed E-state index contributed by atoms with van der Waals surface area (Å²) in [6.07, 6.45) is 2.02. The summed E-state index contributed by atoms with van der Waals surface area (Å²) in [5.41, 5.74) is 1.88. The van der Waals surface area contributed by atoms with Crippen LogP contribution in [0.25, 0.3) is 0 Å². The molecule has 0 bridgehead atoms. The highest BCUT2D eigenvalue weighted by Crippen LogP contribution is 2.26. The monoisotopic (exact) mass is 413 g/mol. The van der Waals surface area contributed by atoms with E-state index in [1.165, 1.54) is 11.8 Å². The number of hydrogen-bond donors (Lipinski definition) is 1. The van der Waals surface area contributed by atoms with Gasteiger partial charge in [-0.25, -0.2) is 4.79 Å². The van der Waals surface area contributed by atoms with Crippen molar-refractivity contribution in [2.45, 2.75) is 78.4 Å². The number of benzene rings is 1. The Bertz CT molecular complexity index is 824. The number of ether oxygens (including phenoxy) is 1. The smallest absolute Gasteiger partial charge is 0.408 e. The van der Waals surface area contributed by atoms with Crippen LogP contribution in [0.3, 0.4) is 0 Å². The van der Waals surface area contributed by atoms with E-state index in [9.17, 15) is 9.59 Å². The van der Waals surface area contributed by atoms with Crippen LogP contribution in [0.2, 0.25) is 0 Å². The molecule has 0 aliphatic heterocycles. The average Bonchev–Trinajstić information content (AvgIpc) is 3.16. The van der Waals surface area contributed by atoms with Gasteiger partial charge in [-0.05, 0) is 55.9 Å². The molecule has 0 aliphatic carbocycles. The van der Waals surface area contributed by atoms with Crippen LogP contribution >= 0.6 is 0 Å². The quantitative estimate of drug-likeness (QED) is 0.606. The Morgan fingerprint density at radius 1 is 1.03 bits per heavy atom. The van der Waals surface area contributed by atoms with Crippen LogP contribution in [0.1, 0.15) is 77.8 Å². The lowest BCUT2D eigenvalue weighted by molar-refractivity contribution is -0.123. The van der Waals surface area contributed by atoms with E-state index in [4.69, 9.17) is 9.15 Å². The maximum Gasteiger partial charge on any atom is 0.408 e. The van der Waals surface area contributed by atoms with Gasteiger partial charge in [0, 0.05) is 12.3 Å². The number of rotatable bonds is 7. The molecule has 0 saturated heterocycles. The Balaban J connectivity index is 2.03. The van der Waals surface area contributed by atoms with E-state index in [0.29, 0.717) is 18.6 Å². The van der Waals surface area contributed by atoms with E-state index >= 15 is 0 Å². The summed E-state index contributed by atoms with van der Waals surface area (Å²) >= 11 is 0. The topological polar surface area (TPSA) is 68.5 Å². The van der Waals surface area contributed by atoms with Gasteiger partial charge in [0.2, 0.25) is 0 Å². The van der Waals surface area contributed by atoms with Crippen LogP contribution < -0.4 is 5.32 Å². The normalized spacial score (nSPS) is 14.1. The number of carbonyl (C=O) groups is 2. The number of hydrogen-bond acceptors (Lipinski definition) is 4. The van der Waals surface area contributed by atoms with Crippen LogP contribution in [0.15, 0.2) is 47.1 Å². The van der Waals surface area contributed by atoms with Gasteiger partial charge in [0.25, 0.3) is 0 Å². The number of carbonyl (C=O) groups excluding carboxylic acids is 2. The first-order valence-corrected chi connectivity index (χ1v) is 10.5. The molecule has 1 N–H and O–H groups in total. The minimum atomic E-state index is -0.621. The Hall–Kier alpha value is -2.56. The molecule has 164 valence electrons. The number of furan rings is 1. The standard InChI is InChI=1S/C25H35NO4/c1-17(20(27)15-12-18-10-13-19(14-11-18)24(2,3)4)22(21-9-8-16-29-21)26-23(28)30-25(5,6)7/h8-11,13-14,16-17,22H,12,15H2,1-7H3,(H,26,28)/t17-,22+/m0/s1. The maximum absolute atomic E-state index is 12.9. The van der Waals surface area contributed by atoms with Crippen molar-refractivity contribution in [1.29, 1.82) is 0 Å². The molecule has 0 saturated carbocycles. The molecule has 0 spiro atoms. The summed E-state index contributed by atoms with van der Waals surface area (Å²) in [5, 5.41) is 2.80. The second kappa shape index (κ2) is 9.50. The van der Waals surface area contributed by atoms with Gasteiger partial charge in [-0.2, -0.15) is 0 Å². The van der Waals surface area contributed by atoms with Crippen LogP contribution in [0.5, 0.6) is 0 Å². The van der Waals surface area contributed by atoms with Crippen molar-refractivity contribution < 1.29 is 18.7 Å². The van der Waals surface area contributed by atoms with Crippen molar-refractivity contribution in [3.63, 3.8) is 0 Å². The van der Waals surface area contributed by atoms with Gasteiger partial charge in [0.05, 0.1) is 12.3 Å². The van der Waals surface area contributed by atoms with E-state index < -0.39 is 23.7 Å². The zero-order valence-corrected chi connectivity index (χ0v) is 19.2. The lowest BCUT2D eigenvalue weighted by atomic mass is 9.86. The van der Waals surface area contributed by atoms with Gasteiger partial charge >= 0.3 is 6.09 Å². The number of nitrogens with one attached hydrogen (secondary N) is 1. The summed E-state index contributed by atoms with van der Waals surface area (Å²) in [4.78, 5) is 25.2. The molecule has 1 heterocycles. The highest BCUT2D eigenvalue weighted by atomic mass is 16.6. The van der Waals surface area contributed by atoms with Crippen LogP contribution in [-0.4, -0.2) is 17.5 Å². The molecule has 2 aromatic rings. The lowest BCUT2D eigenvalue weighted by Crippen LogP contribution is -2.39. The summed E-state index contributed by atoms with van der Waals surface area (Å²) < 4.78 is 10.8. The first kappa shape index (κ1) is 23.7. The van der Waals surface area contributed by atoms with Crippen LogP contribution in [-0.2, 0) is 21.4 Å². The Morgan fingerprint density at radius 2 is 1.67 bits per heavy atom. The third-order valence-corrected chi connectivity index (χ3v) is 5.01. The molecule has 5 nitrogen and oxygen atoms in total. The minimum Gasteiger partial charge on any atom is -0.467 e. The average molecular weight is 414 g/mol. The third-order valence-electron chi connectivity index (χ3n) is 5.01. The zero-order valence-electron chi connectivity index (χ0n) is 19.2. The summed E-state index contributed by atoms with van der Waals surface area (Å²) in [7, 11) is 0. The van der Waals surface area contributed by atoms with Gasteiger partial charge < -0.3 is 14.5 Å². The molecule has 1 aromatic carbocycles. The highest BCUT2D eigenvalue weighted by molar-refractivity contribution is 5.82. The summed E-state index contributed by atoms with van der Waals surface area (Å²) in [6.45, 7) is 13.8. The lowest BCUT2D eigenvalue weighted by Gasteiger charge is -2.25. The van der Waals surface area contributed by atoms with Crippen molar-refractivity contribution >= 4 is 11.9 Å². The Labute approximate surface area is 180 Å². The fourth-order valence-corrected chi connectivity index (χ4v) is 3.20. The van der Waals surface area contributed by atoms with Gasteiger partial charge in [-0.15, -0.1) is 0 Å². The molecule has 5 heteroatoms. The van der Waals surface area contributed by atoms with Gasteiger partial charge in [-0.3, -0.25) is 4.79 Å².